The van der Waals surface area contributed by atoms with Crippen LogP contribution in [0.2, 0.25) is 0 Å². The van der Waals surface area contributed by atoms with E-state index in [1.54, 1.807) is 0 Å². The Bertz CT molecular complexity index is 708. The fraction of sp³-hybridized carbons (Fsp3) is 0.222. The number of anilines is 1. The number of nitrogens with one attached hydrogen (secondary N) is 1. The minimum atomic E-state index is -0.419. The van der Waals surface area contributed by atoms with Crippen molar-refractivity contribution in [3.63, 3.8) is 0 Å². The van der Waals surface area contributed by atoms with Crippen molar-refractivity contribution in [1.82, 2.24) is 0 Å². The summed E-state index contributed by atoms with van der Waals surface area (Å²) in [6.45, 7) is 7.63. The van der Waals surface area contributed by atoms with Crippen molar-refractivity contribution in [2.75, 3.05) is 5.32 Å². The maximum absolute atomic E-state index is 12.6. The van der Waals surface area contributed by atoms with E-state index >= 15 is 0 Å². The SMILES string of the molecule is Cc1cccc(C)c1NC(=O)/C(=N/O)c1c(C)cccc1C. The molecule has 2 aromatic carbocycles. The highest BCUT2D eigenvalue weighted by Crippen LogP contribution is 2.21. The highest BCUT2D eigenvalue weighted by molar-refractivity contribution is 6.49. The van der Waals surface area contributed by atoms with Gasteiger partial charge in [0.2, 0.25) is 0 Å². The van der Waals surface area contributed by atoms with Gasteiger partial charge in [0.05, 0.1) is 0 Å². The minimum Gasteiger partial charge on any atom is -0.410 e. The number of aryl methyl sites for hydroxylation is 4. The topological polar surface area (TPSA) is 61.7 Å². The van der Waals surface area contributed by atoms with Crippen LogP contribution in [0.1, 0.15) is 27.8 Å². The zero-order valence-electron chi connectivity index (χ0n) is 13.3. The molecule has 2 rings (SSSR count). The summed E-state index contributed by atoms with van der Waals surface area (Å²) >= 11 is 0. The molecular weight excluding hydrogens is 276 g/mol. The monoisotopic (exact) mass is 296 g/mol. The molecule has 0 bridgehead atoms. The van der Waals surface area contributed by atoms with Crippen molar-refractivity contribution < 1.29 is 10.0 Å². The molecule has 0 aromatic heterocycles. The first-order valence-electron chi connectivity index (χ1n) is 7.12. The molecule has 1 amide bonds. The molecule has 2 N–H and O–H groups in total. The maximum Gasteiger partial charge on any atom is 0.278 e. The third-order valence-electron chi connectivity index (χ3n) is 3.75. The highest BCUT2D eigenvalue weighted by Gasteiger charge is 2.20. The molecule has 0 saturated heterocycles. The van der Waals surface area contributed by atoms with E-state index in [2.05, 4.69) is 10.5 Å². The summed E-state index contributed by atoms with van der Waals surface area (Å²) in [4.78, 5) is 12.6. The van der Waals surface area contributed by atoms with Crippen molar-refractivity contribution >= 4 is 17.3 Å². The van der Waals surface area contributed by atoms with Crippen LogP contribution in [0.25, 0.3) is 0 Å². The van der Waals surface area contributed by atoms with Gasteiger partial charge in [0.15, 0.2) is 5.71 Å². The Labute approximate surface area is 130 Å². The summed E-state index contributed by atoms with van der Waals surface area (Å²) in [5, 5.41) is 15.4. The number of oxime groups is 1. The summed E-state index contributed by atoms with van der Waals surface area (Å²) in [6.07, 6.45) is 0. The number of benzene rings is 2. The van der Waals surface area contributed by atoms with E-state index in [-0.39, 0.29) is 5.71 Å². The molecule has 4 heteroatoms. The zero-order chi connectivity index (χ0) is 16.3. The number of hydrogen-bond donors (Lipinski definition) is 2. The lowest BCUT2D eigenvalue weighted by molar-refractivity contribution is -0.110. The predicted molar refractivity (Wildman–Crippen MR) is 88.8 cm³/mol. The van der Waals surface area contributed by atoms with Crippen molar-refractivity contribution in [2.24, 2.45) is 5.16 Å². The second-order valence-electron chi connectivity index (χ2n) is 5.44. The third-order valence-corrected chi connectivity index (χ3v) is 3.75. The van der Waals surface area contributed by atoms with Crippen molar-refractivity contribution in [3.8, 4) is 0 Å². The first kappa shape index (κ1) is 15.8. The second kappa shape index (κ2) is 6.43. The van der Waals surface area contributed by atoms with Crippen LogP contribution in [0.4, 0.5) is 5.69 Å². The molecule has 0 aliphatic rings. The highest BCUT2D eigenvalue weighted by atomic mass is 16.4. The molecule has 4 nitrogen and oxygen atoms in total. The van der Waals surface area contributed by atoms with Crippen LogP contribution in [-0.4, -0.2) is 16.8 Å². The van der Waals surface area contributed by atoms with E-state index in [1.165, 1.54) is 0 Å². The molecule has 0 saturated carbocycles. The second-order valence-corrected chi connectivity index (χ2v) is 5.44. The van der Waals surface area contributed by atoms with E-state index in [1.807, 2.05) is 64.1 Å². The first-order chi connectivity index (χ1) is 10.5. The molecule has 114 valence electrons. The molecule has 0 radical (unpaired) electrons. The van der Waals surface area contributed by atoms with Crippen LogP contribution in [-0.2, 0) is 4.79 Å². The number of para-hydroxylation sites is 1. The Balaban J connectivity index is 2.39. The van der Waals surface area contributed by atoms with Gasteiger partial charge in [0.25, 0.3) is 5.91 Å². The van der Waals surface area contributed by atoms with E-state index < -0.39 is 5.91 Å². The van der Waals surface area contributed by atoms with Crippen molar-refractivity contribution in [3.05, 3.63) is 64.2 Å². The summed E-state index contributed by atoms with van der Waals surface area (Å²) in [5.41, 5.74) is 5.15. The lowest BCUT2D eigenvalue weighted by Crippen LogP contribution is -2.26. The molecule has 0 spiro atoms. The summed E-state index contributed by atoms with van der Waals surface area (Å²) < 4.78 is 0. The molecule has 0 fully saturated rings. The lowest BCUT2D eigenvalue weighted by Gasteiger charge is -2.14. The Morgan fingerprint density at radius 2 is 1.36 bits per heavy atom. The number of rotatable bonds is 3. The molecule has 22 heavy (non-hydrogen) atoms. The largest absolute Gasteiger partial charge is 0.410 e. The van der Waals surface area contributed by atoms with E-state index in [9.17, 15) is 10.0 Å². The fourth-order valence-electron chi connectivity index (χ4n) is 2.58. The number of hydrogen-bond acceptors (Lipinski definition) is 3. The normalized spacial score (nSPS) is 11.4. The molecule has 2 aromatic rings. The van der Waals surface area contributed by atoms with Gasteiger partial charge in [-0.1, -0.05) is 41.6 Å². The van der Waals surface area contributed by atoms with Gasteiger partial charge in [-0.15, -0.1) is 0 Å². The van der Waals surface area contributed by atoms with E-state index in [0.717, 1.165) is 27.9 Å². The van der Waals surface area contributed by atoms with Gasteiger partial charge >= 0.3 is 0 Å². The van der Waals surface area contributed by atoms with Gasteiger partial charge in [0, 0.05) is 11.3 Å². The number of carbonyl (C=O) groups excluding carboxylic acids is 1. The van der Waals surface area contributed by atoms with E-state index in [0.29, 0.717) is 5.56 Å². The first-order valence-corrected chi connectivity index (χ1v) is 7.12. The van der Waals surface area contributed by atoms with Gasteiger partial charge in [0.1, 0.15) is 0 Å². The smallest absolute Gasteiger partial charge is 0.278 e. The minimum absolute atomic E-state index is 0.0262. The average molecular weight is 296 g/mol. The number of nitrogens with zero attached hydrogens (tertiary/aromatic N) is 1. The van der Waals surface area contributed by atoms with Gasteiger partial charge in [-0.25, -0.2) is 0 Å². The molecule has 0 aliphatic carbocycles. The molecular formula is C18H20N2O2. The Morgan fingerprint density at radius 3 is 1.82 bits per heavy atom. The maximum atomic E-state index is 12.6. The lowest BCUT2D eigenvalue weighted by atomic mass is 9.98. The quantitative estimate of drug-likeness (QED) is 0.515. The molecule has 0 atom stereocenters. The van der Waals surface area contributed by atoms with Gasteiger partial charge in [-0.05, 0) is 49.9 Å². The Morgan fingerprint density at radius 1 is 0.909 bits per heavy atom. The summed E-state index contributed by atoms with van der Waals surface area (Å²) in [7, 11) is 0. The average Bonchev–Trinajstić information content (AvgIpc) is 2.47. The van der Waals surface area contributed by atoms with Crippen LogP contribution in [0.15, 0.2) is 41.6 Å². The van der Waals surface area contributed by atoms with Gasteiger partial charge in [-0.3, -0.25) is 4.79 Å². The Hall–Kier alpha value is -2.62. The van der Waals surface area contributed by atoms with Gasteiger partial charge < -0.3 is 10.5 Å². The summed E-state index contributed by atoms with van der Waals surface area (Å²) in [5.74, 6) is -0.419. The third kappa shape index (κ3) is 3.01. The van der Waals surface area contributed by atoms with Crippen LogP contribution < -0.4 is 5.32 Å². The molecule has 0 unspecified atom stereocenters. The predicted octanol–water partition coefficient (Wildman–Crippen LogP) is 3.74. The van der Waals surface area contributed by atoms with Crippen molar-refractivity contribution in [2.45, 2.75) is 27.7 Å². The number of carbonyl (C=O) groups is 1. The van der Waals surface area contributed by atoms with E-state index in [4.69, 9.17) is 0 Å². The van der Waals surface area contributed by atoms with Crippen LogP contribution in [0, 0.1) is 27.7 Å². The number of amides is 1. The standard InChI is InChI=1S/C18H20N2O2/c1-11-7-5-8-12(2)15(11)17(20-22)18(21)19-16-13(3)9-6-10-14(16)4/h5-10,22H,1-4H3,(H,19,21)/b20-17+. The zero-order valence-corrected chi connectivity index (χ0v) is 13.3. The van der Waals surface area contributed by atoms with Crippen molar-refractivity contribution in [1.29, 1.82) is 0 Å². The van der Waals surface area contributed by atoms with Gasteiger partial charge in [-0.2, -0.15) is 0 Å². The fourth-order valence-corrected chi connectivity index (χ4v) is 2.58. The Kier molecular flexibility index (Phi) is 4.61. The van der Waals surface area contributed by atoms with Crippen LogP contribution in [0.3, 0.4) is 0 Å². The summed E-state index contributed by atoms with van der Waals surface area (Å²) in [6, 6.07) is 11.5. The molecule has 0 aliphatic heterocycles. The van der Waals surface area contributed by atoms with Crippen LogP contribution in [0.5, 0.6) is 0 Å². The van der Waals surface area contributed by atoms with Crippen LogP contribution >= 0.6 is 0 Å². The molecule has 0 heterocycles.